The van der Waals surface area contributed by atoms with Crippen LogP contribution in [-0.2, 0) is 0 Å². The van der Waals surface area contributed by atoms with E-state index in [2.05, 4.69) is 53.8 Å². The molecule has 0 spiro atoms. The highest BCUT2D eigenvalue weighted by molar-refractivity contribution is 4.85. The van der Waals surface area contributed by atoms with E-state index in [1.54, 1.807) is 0 Å². The second kappa shape index (κ2) is 4.45. The third-order valence-electron chi connectivity index (χ3n) is 2.69. The molecule has 0 amide bonds. The van der Waals surface area contributed by atoms with E-state index < -0.39 is 0 Å². The molecule has 0 saturated heterocycles. The Kier molecular flexibility index (Phi) is 4.44. The van der Waals surface area contributed by atoms with E-state index in [1.807, 2.05) is 0 Å². The van der Waals surface area contributed by atoms with Crippen LogP contribution in [0.4, 0.5) is 0 Å². The molecule has 0 unspecified atom stereocenters. The quantitative estimate of drug-likeness (QED) is 0.711. The van der Waals surface area contributed by atoms with Crippen LogP contribution in [0.2, 0.25) is 0 Å². The maximum absolute atomic E-state index is 3.46. The molecule has 0 aliphatic carbocycles. The van der Waals surface area contributed by atoms with Crippen molar-refractivity contribution in [2.45, 2.75) is 48.5 Å². The SMILES string of the molecule is CCNCC(C(C)(C)C)C(C)(C)C. The van der Waals surface area contributed by atoms with Crippen LogP contribution in [-0.4, -0.2) is 13.1 Å². The number of hydrogen-bond donors (Lipinski definition) is 1. The molecular weight excluding hydrogens is 158 g/mol. The van der Waals surface area contributed by atoms with Gasteiger partial charge in [-0.15, -0.1) is 0 Å². The van der Waals surface area contributed by atoms with Crippen molar-refractivity contribution in [3.05, 3.63) is 0 Å². The van der Waals surface area contributed by atoms with Gasteiger partial charge in [-0.25, -0.2) is 0 Å². The van der Waals surface area contributed by atoms with Gasteiger partial charge in [-0.3, -0.25) is 0 Å². The molecule has 0 aromatic rings. The van der Waals surface area contributed by atoms with Crippen molar-refractivity contribution in [1.29, 1.82) is 0 Å². The van der Waals surface area contributed by atoms with Gasteiger partial charge >= 0.3 is 0 Å². The zero-order chi connectivity index (χ0) is 10.7. The van der Waals surface area contributed by atoms with Crippen molar-refractivity contribution >= 4 is 0 Å². The maximum atomic E-state index is 3.46. The van der Waals surface area contributed by atoms with E-state index in [4.69, 9.17) is 0 Å². The van der Waals surface area contributed by atoms with Gasteiger partial charge in [0.25, 0.3) is 0 Å². The second-order valence-corrected chi connectivity index (χ2v) is 6.09. The van der Waals surface area contributed by atoms with Gasteiger partial charge in [-0.2, -0.15) is 0 Å². The topological polar surface area (TPSA) is 12.0 Å². The number of rotatable bonds is 3. The molecule has 0 rings (SSSR count). The van der Waals surface area contributed by atoms with Crippen molar-refractivity contribution < 1.29 is 0 Å². The van der Waals surface area contributed by atoms with Gasteiger partial charge in [-0.05, 0) is 29.8 Å². The summed E-state index contributed by atoms with van der Waals surface area (Å²) in [5.41, 5.74) is 0.779. The fraction of sp³-hybridized carbons (Fsp3) is 1.00. The molecule has 0 heterocycles. The maximum Gasteiger partial charge on any atom is -0.00106 e. The lowest BCUT2D eigenvalue weighted by Crippen LogP contribution is -2.40. The van der Waals surface area contributed by atoms with Crippen molar-refractivity contribution in [2.24, 2.45) is 16.7 Å². The lowest BCUT2D eigenvalue weighted by Gasteiger charge is -2.41. The predicted octanol–water partition coefficient (Wildman–Crippen LogP) is 3.30. The van der Waals surface area contributed by atoms with Crippen LogP contribution >= 0.6 is 0 Å². The Labute approximate surface area is 84.3 Å². The minimum Gasteiger partial charge on any atom is -0.317 e. The number of nitrogens with one attached hydrogen (secondary N) is 1. The Bertz CT molecular complexity index is 122. The minimum atomic E-state index is 0.389. The summed E-state index contributed by atoms with van der Waals surface area (Å²) in [5, 5.41) is 3.46. The molecule has 13 heavy (non-hydrogen) atoms. The highest BCUT2D eigenvalue weighted by Gasteiger charge is 2.33. The van der Waals surface area contributed by atoms with Crippen LogP contribution < -0.4 is 5.32 Å². The summed E-state index contributed by atoms with van der Waals surface area (Å²) in [6.45, 7) is 18.4. The third kappa shape index (κ3) is 4.66. The molecule has 80 valence electrons. The van der Waals surface area contributed by atoms with Crippen molar-refractivity contribution in [2.75, 3.05) is 13.1 Å². The average molecular weight is 185 g/mol. The summed E-state index contributed by atoms with van der Waals surface area (Å²) in [6.07, 6.45) is 0. The van der Waals surface area contributed by atoms with Crippen LogP contribution in [0.3, 0.4) is 0 Å². The van der Waals surface area contributed by atoms with Crippen LogP contribution in [0.1, 0.15) is 48.5 Å². The molecule has 0 aromatic heterocycles. The van der Waals surface area contributed by atoms with Crippen LogP contribution in [0.25, 0.3) is 0 Å². The first kappa shape index (κ1) is 13.0. The molecule has 1 nitrogen and oxygen atoms in total. The fourth-order valence-electron chi connectivity index (χ4n) is 2.20. The van der Waals surface area contributed by atoms with Crippen LogP contribution in [0, 0.1) is 16.7 Å². The molecular formula is C12H27N. The molecule has 0 aliphatic rings. The average Bonchev–Trinajstić information content (AvgIpc) is 1.81. The second-order valence-electron chi connectivity index (χ2n) is 6.09. The Balaban J connectivity index is 4.39. The zero-order valence-electron chi connectivity index (χ0n) is 10.5. The Morgan fingerprint density at radius 2 is 1.31 bits per heavy atom. The minimum absolute atomic E-state index is 0.389. The largest absolute Gasteiger partial charge is 0.317 e. The van der Waals surface area contributed by atoms with E-state index in [0.717, 1.165) is 19.0 Å². The molecule has 0 fully saturated rings. The highest BCUT2D eigenvalue weighted by Crippen LogP contribution is 2.39. The van der Waals surface area contributed by atoms with E-state index in [-0.39, 0.29) is 0 Å². The molecule has 0 radical (unpaired) electrons. The van der Waals surface area contributed by atoms with E-state index in [1.165, 1.54) is 0 Å². The van der Waals surface area contributed by atoms with Crippen LogP contribution in [0.15, 0.2) is 0 Å². The molecule has 1 N–H and O–H groups in total. The molecule has 1 heteroatoms. The summed E-state index contributed by atoms with van der Waals surface area (Å²) in [7, 11) is 0. The third-order valence-corrected chi connectivity index (χ3v) is 2.69. The first-order valence-corrected chi connectivity index (χ1v) is 5.40. The van der Waals surface area contributed by atoms with Gasteiger partial charge in [0.15, 0.2) is 0 Å². The normalized spacial score (nSPS) is 13.8. The fourth-order valence-corrected chi connectivity index (χ4v) is 2.20. The smallest absolute Gasteiger partial charge is 0.00106 e. The molecule has 0 aromatic carbocycles. The van der Waals surface area contributed by atoms with Crippen LogP contribution in [0.5, 0.6) is 0 Å². The lowest BCUT2D eigenvalue weighted by atomic mass is 9.66. The van der Waals surface area contributed by atoms with Gasteiger partial charge in [-0.1, -0.05) is 48.5 Å². The van der Waals surface area contributed by atoms with E-state index in [0.29, 0.717) is 10.8 Å². The summed E-state index contributed by atoms with van der Waals surface area (Å²) < 4.78 is 0. The Morgan fingerprint density at radius 3 is 1.54 bits per heavy atom. The van der Waals surface area contributed by atoms with Gasteiger partial charge < -0.3 is 5.32 Å². The highest BCUT2D eigenvalue weighted by atomic mass is 14.9. The monoisotopic (exact) mass is 185 g/mol. The van der Waals surface area contributed by atoms with Gasteiger partial charge in [0.05, 0.1) is 0 Å². The lowest BCUT2D eigenvalue weighted by molar-refractivity contribution is 0.101. The van der Waals surface area contributed by atoms with Gasteiger partial charge in [0.2, 0.25) is 0 Å². The van der Waals surface area contributed by atoms with Crippen molar-refractivity contribution in [3.63, 3.8) is 0 Å². The zero-order valence-corrected chi connectivity index (χ0v) is 10.5. The van der Waals surface area contributed by atoms with Gasteiger partial charge in [0, 0.05) is 0 Å². The Hall–Kier alpha value is -0.0400. The number of hydrogen-bond acceptors (Lipinski definition) is 1. The van der Waals surface area contributed by atoms with E-state index >= 15 is 0 Å². The van der Waals surface area contributed by atoms with Crippen molar-refractivity contribution in [3.8, 4) is 0 Å². The first-order chi connectivity index (χ1) is 5.69. The van der Waals surface area contributed by atoms with Gasteiger partial charge in [0.1, 0.15) is 0 Å². The van der Waals surface area contributed by atoms with Crippen molar-refractivity contribution in [1.82, 2.24) is 5.32 Å². The summed E-state index contributed by atoms with van der Waals surface area (Å²) in [5.74, 6) is 0.722. The predicted molar refractivity (Wildman–Crippen MR) is 60.9 cm³/mol. The molecule has 0 aliphatic heterocycles. The first-order valence-electron chi connectivity index (χ1n) is 5.40. The van der Waals surface area contributed by atoms with E-state index in [9.17, 15) is 0 Å². The summed E-state index contributed by atoms with van der Waals surface area (Å²) >= 11 is 0. The summed E-state index contributed by atoms with van der Waals surface area (Å²) in [4.78, 5) is 0. The molecule has 0 saturated carbocycles. The molecule has 0 atom stereocenters. The standard InChI is InChI=1S/C12H27N/c1-8-13-9-10(11(2,3)4)12(5,6)7/h10,13H,8-9H2,1-7H3. The summed E-state index contributed by atoms with van der Waals surface area (Å²) in [6, 6.07) is 0. The Morgan fingerprint density at radius 1 is 0.923 bits per heavy atom. The molecule has 0 bridgehead atoms.